The highest BCUT2D eigenvalue weighted by Crippen LogP contribution is 2.37. The van der Waals surface area contributed by atoms with Gasteiger partial charge in [0.15, 0.2) is 0 Å². The van der Waals surface area contributed by atoms with Gasteiger partial charge in [0.1, 0.15) is 0 Å². The van der Waals surface area contributed by atoms with Crippen molar-refractivity contribution in [2.75, 3.05) is 16.8 Å². The van der Waals surface area contributed by atoms with E-state index in [2.05, 4.69) is 35.1 Å². The van der Waals surface area contributed by atoms with E-state index in [0.29, 0.717) is 17.0 Å². The van der Waals surface area contributed by atoms with E-state index in [-0.39, 0.29) is 10.6 Å². The Labute approximate surface area is 132 Å². The number of aryl methyl sites for hydroxylation is 1. The summed E-state index contributed by atoms with van der Waals surface area (Å²) in [5.74, 6) is 2.21. The Hall–Kier alpha value is -0.750. The molecule has 1 fully saturated rings. The van der Waals surface area contributed by atoms with Crippen molar-refractivity contribution in [1.29, 1.82) is 0 Å². The fourth-order valence-electron chi connectivity index (χ4n) is 2.54. The number of nitrogens with one attached hydrogen (secondary N) is 1. The summed E-state index contributed by atoms with van der Waals surface area (Å²) in [4.78, 5) is 10.7. The van der Waals surface area contributed by atoms with Crippen molar-refractivity contribution in [1.82, 2.24) is 0 Å². The Balaban J connectivity index is 2.21. The van der Waals surface area contributed by atoms with Gasteiger partial charge < -0.3 is 5.32 Å². The predicted molar refractivity (Wildman–Crippen MR) is 88.7 cm³/mol. The van der Waals surface area contributed by atoms with Crippen molar-refractivity contribution in [2.24, 2.45) is 5.41 Å². The molecule has 0 aromatic heterocycles. The highest BCUT2D eigenvalue weighted by Gasteiger charge is 2.29. The molecule has 0 spiro atoms. The quantitative estimate of drug-likeness (QED) is 0.633. The van der Waals surface area contributed by atoms with Crippen molar-refractivity contribution >= 4 is 39.1 Å². The molecule has 0 aliphatic carbocycles. The minimum absolute atomic E-state index is 0.165. The van der Waals surface area contributed by atoms with E-state index in [0.717, 1.165) is 22.3 Å². The molecular formula is C14H19BrN2O2S. The molecule has 20 heavy (non-hydrogen) atoms. The molecule has 1 aliphatic heterocycles. The van der Waals surface area contributed by atoms with Gasteiger partial charge in [0, 0.05) is 27.9 Å². The molecule has 0 radical (unpaired) electrons. The van der Waals surface area contributed by atoms with E-state index < -0.39 is 0 Å². The normalized spacial score (nSPS) is 21.5. The van der Waals surface area contributed by atoms with Crippen LogP contribution in [-0.2, 0) is 0 Å². The summed E-state index contributed by atoms with van der Waals surface area (Å²) in [6, 6.07) is 3.79. The molecule has 0 saturated carbocycles. The van der Waals surface area contributed by atoms with Gasteiger partial charge in [-0.3, -0.25) is 10.1 Å². The molecular weight excluding hydrogens is 340 g/mol. The zero-order valence-corrected chi connectivity index (χ0v) is 14.3. The second-order valence-electron chi connectivity index (χ2n) is 6.10. The van der Waals surface area contributed by atoms with Gasteiger partial charge >= 0.3 is 0 Å². The second-order valence-corrected chi connectivity index (χ2v) is 7.98. The smallest absolute Gasteiger partial charge is 0.274 e. The third-order valence-electron chi connectivity index (χ3n) is 3.45. The highest BCUT2D eigenvalue weighted by atomic mass is 79.9. The Morgan fingerprint density at radius 1 is 1.50 bits per heavy atom. The average molecular weight is 359 g/mol. The number of rotatable bonds is 3. The fraction of sp³-hybridized carbons (Fsp3) is 0.571. The van der Waals surface area contributed by atoms with Crippen molar-refractivity contribution < 1.29 is 4.92 Å². The van der Waals surface area contributed by atoms with Crippen molar-refractivity contribution in [3.8, 4) is 0 Å². The van der Waals surface area contributed by atoms with Crippen LogP contribution >= 0.6 is 27.7 Å². The largest absolute Gasteiger partial charge is 0.380 e. The minimum atomic E-state index is -0.327. The van der Waals surface area contributed by atoms with E-state index in [1.54, 1.807) is 13.0 Å². The number of nitro groups is 1. The maximum absolute atomic E-state index is 11.0. The standard InChI is InChI=1S/C14H19BrN2O2S/c1-9-4-11(15)12(5-13(9)17(18)19)16-10-6-14(2,3)8-20-7-10/h4-5,10,16H,6-8H2,1-3H3. The number of benzene rings is 1. The maximum atomic E-state index is 11.0. The first-order valence-corrected chi connectivity index (χ1v) is 8.52. The van der Waals surface area contributed by atoms with Crippen LogP contribution in [0.4, 0.5) is 11.4 Å². The van der Waals surface area contributed by atoms with E-state index in [4.69, 9.17) is 0 Å². The van der Waals surface area contributed by atoms with Crippen molar-refractivity contribution in [3.05, 3.63) is 32.3 Å². The second kappa shape index (κ2) is 5.93. The Morgan fingerprint density at radius 3 is 2.80 bits per heavy atom. The van der Waals surface area contributed by atoms with E-state index >= 15 is 0 Å². The number of hydrogen-bond donors (Lipinski definition) is 1. The third kappa shape index (κ3) is 3.67. The molecule has 1 heterocycles. The highest BCUT2D eigenvalue weighted by molar-refractivity contribution is 9.10. The maximum Gasteiger partial charge on any atom is 0.274 e. The lowest BCUT2D eigenvalue weighted by Crippen LogP contribution is -2.35. The van der Waals surface area contributed by atoms with Gasteiger partial charge in [-0.2, -0.15) is 11.8 Å². The van der Waals surface area contributed by atoms with Crippen molar-refractivity contribution in [2.45, 2.75) is 33.2 Å². The lowest BCUT2D eigenvalue weighted by atomic mass is 9.88. The fourth-order valence-corrected chi connectivity index (χ4v) is 4.39. The van der Waals surface area contributed by atoms with Gasteiger partial charge in [0.05, 0.1) is 10.6 Å². The molecule has 6 heteroatoms. The van der Waals surface area contributed by atoms with Crippen LogP contribution in [0.15, 0.2) is 16.6 Å². The molecule has 0 bridgehead atoms. The summed E-state index contributed by atoms with van der Waals surface area (Å²) in [5, 5.41) is 14.5. The molecule has 1 aromatic carbocycles. The molecule has 2 rings (SSSR count). The van der Waals surface area contributed by atoms with Gasteiger partial charge in [-0.15, -0.1) is 0 Å². The van der Waals surface area contributed by atoms with E-state index in [1.165, 1.54) is 5.75 Å². The van der Waals surface area contributed by atoms with Crippen LogP contribution in [-0.4, -0.2) is 22.5 Å². The SMILES string of the molecule is Cc1cc(Br)c(NC2CSCC(C)(C)C2)cc1[N+](=O)[O-]. The Bertz CT molecular complexity index is 534. The van der Waals surface area contributed by atoms with Crippen LogP contribution < -0.4 is 5.32 Å². The summed E-state index contributed by atoms with van der Waals surface area (Å²) < 4.78 is 0.883. The van der Waals surface area contributed by atoms with Crippen LogP contribution in [0.1, 0.15) is 25.8 Å². The molecule has 4 nitrogen and oxygen atoms in total. The van der Waals surface area contributed by atoms with E-state index in [9.17, 15) is 10.1 Å². The third-order valence-corrected chi connectivity index (χ3v) is 5.73. The van der Waals surface area contributed by atoms with Crippen LogP contribution in [0.25, 0.3) is 0 Å². The molecule has 1 aromatic rings. The lowest BCUT2D eigenvalue weighted by molar-refractivity contribution is -0.385. The van der Waals surface area contributed by atoms with Crippen molar-refractivity contribution in [3.63, 3.8) is 0 Å². The van der Waals surface area contributed by atoms with Crippen LogP contribution in [0.5, 0.6) is 0 Å². The Kier molecular flexibility index (Phi) is 4.64. The first-order valence-electron chi connectivity index (χ1n) is 6.57. The molecule has 1 saturated heterocycles. The molecule has 1 unspecified atom stereocenters. The van der Waals surface area contributed by atoms with Crippen LogP contribution in [0.3, 0.4) is 0 Å². The number of halogens is 1. The zero-order chi connectivity index (χ0) is 14.9. The van der Waals surface area contributed by atoms with E-state index in [1.807, 2.05) is 17.8 Å². The van der Waals surface area contributed by atoms with Gasteiger partial charge in [0.2, 0.25) is 0 Å². The number of nitrogens with zero attached hydrogens (tertiary/aromatic N) is 1. The van der Waals surface area contributed by atoms with Gasteiger partial charge in [-0.25, -0.2) is 0 Å². The van der Waals surface area contributed by atoms with Crippen LogP contribution in [0.2, 0.25) is 0 Å². The first kappa shape index (κ1) is 15.6. The minimum Gasteiger partial charge on any atom is -0.380 e. The molecule has 110 valence electrons. The van der Waals surface area contributed by atoms with Crippen LogP contribution in [0, 0.1) is 22.5 Å². The zero-order valence-electron chi connectivity index (χ0n) is 11.9. The lowest BCUT2D eigenvalue weighted by Gasteiger charge is -2.35. The Morgan fingerprint density at radius 2 is 2.20 bits per heavy atom. The summed E-state index contributed by atoms with van der Waals surface area (Å²) in [6.07, 6.45) is 1.08. The van der Waals surface area contributed by atoms with Gasteiger partial charge in [-0.1, -0.05) is 13.8 Å². The summed E-state index contributed by atoms with van der Waals surface area (Å²) in [6.45, 7) is 6.28. The number of hydrogen-bond acceptors (Lipinski definition) is 4. The first-order chi connectivity index (χ1) is 9.28. The van der Waals surface area contributed by atoms with Gasteiger partial charge in [-0.05, 0) is 46.5 Å². The monoisotopic (exact) mass is 358 g/mol. The molecule has 0 amide bonds. The average Bonchev–Trinajstić information content (AvgIpc) is 2.31. The summed E-state index contributed by atoms with van der Waals surface area (Å²) >= 11 is 5.43. The molecule has 1 aliphatic rings. The number of anilines is 1. The molecule has 1 N–H and O–H groups in total. The topological polar surface area (TPSA) is 55.2 Å². The number of nitro benzene ring substituents is 1. The predicted octanol–water partition coefficient (Wildman–Crippen LogP) is 4.61. The summed E-state index contributed by atoms with van der Waals surface area (Å²) in [7, 11) is 0. The van der Waals surface area contributed by atoms with Gasteiger partial charge in [0.25, 0.3) is 5.69 Å². The molecule has 1 atom stereocenters. The number of thioether (sulfide) groups is 1. The summed E-state index contributed by atoms with van der Waals surface area (Å²) in [5.41, 5.74) is 1.96.